The lowest BCUT2D eigenvalue weighted by Gasteiger charge is -2.27. The van der Waals surface area contributed by atoms with Crippen LogP contribution in [-0.4, -0.2) is 11.6 Å². The van der Waals surface area contributed by atoms with Crippen LogP contribution in [0.1, 0.15) is 32.6 Å². The largest absolute Gasteiger partial charge is 0.299 e. The van der Waals surface area contributed by atoms with E-state index in [0.717, 1.165) is 18.4 Å². The van der Waals surface area contributed by atoms with Gasteiger partial charge in [0.15, 0.2) is 5.78 Å². The molecule has 0 radical (unpaired) electrons. The number of rotatable bonds is 0. The summed E-state index contributed by atoms with van der Waals surface area (Å²) in [4.78, 5) is 22.6. The summed E-state index contributed by atoms with van der Waals surface area (Å²) in [5.41, 5.74) is 0.803. The molecule has 0 N–H and O–H groups in total. The highest BCUT2D eigenvalue weighted by molar-refractivity contribution is 5.99. The standard InChI is InChI=1S/C10H12O2/c1-10-5-4-8(11)6-7(10)2-3-9(10)12/h6H,2-5H2,1H3/t10-/m0/s1. The van der Waals surface area contributed by atoms with Crippen molar-refractivity contribution >= 4 is 11.6 Å². The summed E-state index contributed by atoms with van der Waals surface area (Å²) in [5.74, 6) is 0.512. The van der Waals surface area contributed by atoms with Gasteiger partial charge in [0.05, 0.1) is 0 Å². The van der Waals surface area contributed by atoms with Gasteiger partial charge in [0.1, 0.15) is 5.78 Å². The third kappa shape index (κ3) is 0.872. The monoisotopic (exact) mass is 164 g/mol. The third-order valence-electron chi connectivity index (χ3n) is 3.15. The van der Waals surface area contributed by atoms with Crippen LogP contribution in [0.15, 0.2) is 11.6 Å². The Hall–Kier alpha value is -0.920. The van der Waals surface area contributed by atoms with E-state index in [1.165, 1.54) is 0 Å². The molecule has 0 heterocycles. The van der Waals surface area contributed by atoms with Gasteiger partial charge in [-0.3, -0.25) is 9.59 Å². The van der Waals surface area contributed by atoms with E-state index in [2.05, 4.69) is 0 Å². The van der Waals surface area contributed by atoms with E-state index >= 15 is 0 Å². The van der Waals surface area contributed by atoms with Crippen molar-refractivity contribution in [3.8, 4) is 0 Å². The summed E-state index contributed by atoms with van der Waals surface area (Å²) in [7, 11) is 0. The van der Waals surface area contributed by atoms with E-state index in [-0.39, 0.29) is 11.2 Å². The maximum Gasteiger partial charge on any atom is 0.155 e. The second-order valence-electron chi connectivity index (χ2n) is 3.89. The van der Waals surface area contributed by atoms with Crippen LogP contribution in [0.2, 0.25) is 0 Å². The molecule has 2 aliphatic carbocycles. The van der Waals surface area contributed by atoms with Gasteiger partial charge in [0, 0.05) is 18.3 Å². The molecule has 1 saturated carbocycles. The third-order valence-corrected chi connectivity index (χ3v) is 3.15. The summed E-state index contributed by atoms with van der Waals surface area (Å²) in [5, 5.41) is 0. The van der Waals surface area contributed by atoms with E-state index in [9.17, 15) is 9.59 Å². The van der Waals surface area contributed by atoms with Crippen molar-refractivity contribution in [2.75, 3.05) is 0 Å². The van der Waals surface area contributed by atoms with E-state index < -0.39 is 0 Å². The smallest absolute Gasteiger partial charge is 0.155 e. The van der Waals surface area contributed by atoms with Crippen molar-refractivity contribution < 1.29 is 9.59 Å². The lowest BCUT2D eigenvalue weighted by molar-refractivity contribution is -0.125. The van der Waals surface area contributed by atoms with Gasteiger partial charge in [-0.1, -0.05) is 5.57 Å². The predicted octanol–water partition coefficient (Wildman–Crippen LogP) is 1.64. The van der Waals surface area contributed by atoms with Crippen LogP contribution in [-0.2, 0) is 9.59 Å². The minimum absolute atomic E-state index is 0.192. The van der Waals surface area contributed by atoms with Crippen LogP contribution >= 0.6 is 0 Å². The Morgan fingerprint density at radius 3 is 2.75 bits per heavy atom. The second kappa shape index (κ2) is 2.28. The van der Waals surface area contributed by atoms with Crippen LogP contribution in [0.4, 0.5) is 0 Å². The normalized spacial score (nSPS) is 34.9. The van der Waals surface area contributed by atoms with Crippen LogP contribution in [0.3, 0.4) is 0 Å². The molecule has 0 aliphatic heterocycles. The highest BCUT2D eigenvalue weighted by Gasteiger charge is 2.43. The van der Waals surface area contributed by atoms with E-state index in [4.69, 9.17) is 0 Å². The summed E-state index contributed by atoms with van der Waals surface area (Å²) in [6.45, 7) is 1.97. The molecule has 0 bridgehead atoms. The molecule has 0 saturated heterocycles. The maximum atomic E-state index is 11.5. The van der Waals surface area contributed by atoms with Crippen molar-refractivity contribution in [2.24, 2.45) is 5.41 Å². The molecule has 2 heteroatoms. The molecule has 0 aromatic carbocycles. The quantitative estimate of drug-likeness (QED) is 0.545. The fourth-order valence-corrected chi connectivity index (χ4v) is 2.15. The highest BCUT2D eigenvalue weighted by Crippen LogP contribution is 2.45. The molecule has 2 rings (SSSR count). The van der Waals surface area contributed by atoms with Gasteiger partial charge in [0.25, 0.3) is 0 Å². The van der Waals surface area contributed by atoms with Gasteiger partial charge in [-0.15, -0.1) is 0 Å². The fourth-order valence-electron chi connectivity index (χ4n) is 2.15. The molecule has 1 atom stereocenters. The van der Waals surface area contributed by atoms with Crippen molar-refractivity contribution in [3.63, 3.8) is 0 Å². The minimum atomic E-state index is -0.270. The molecule has 12 heavy (non-hydrogen) atoms. The Bertz CT molecular complexity index is 288. The molecule has 0 unspecified atom stereocenters. The molecule has 1 fully saturated rings. The minimum Gasteiger partial charge on any atom is -0.299 e. The lowest BCUT2D eigenvalue weighted by Crippen LogP contribution is -2.27. The zero-order valence-corrected chi connectivity index (χ0v) is 7.22. The number of fused-ring (bicyclic) bond motifs is 1. The van der Waals surface area contributed by atoms with Crippen LogP contribution in [0, 0.1) is 5.41 Å². The molecule has 2 aliphatic rings. The first-order valence-electron chi connectivity index (χ1n) is 4.40. The number of carbonyl (C=O) groups excluding carboxylic acids is 2. The molecule has 2 nitrogen and oxygen atoms in total. The van der Waals surface area contributed by atoms with Crippen LogP contribution < -0.4 is 0 Å². The summed E-state index contributed by atoms with van der Waals surface area (Å²) >= 11 is 0. The molecule has 64 valence electrons. The Kier molecular flexibility index (Phi) is 1.47. The van der Waals surface area contributed by atoms with Gasteiger partial charge >= 0.3 is 0 Å². The van der Waals surface area contributed by atoms with Gasteiger partial charge in [-0.25, -0.2) is 0 Å². The first kappa shape index (κ1) is 7.71. The first-order chi connectivity index (χ1) is 5.63. The predicted molar refractivity (Wildman–Crippen MR) is 44.7 cm³/mol. The van der Waals surface area contributed by atoms with E-state index in [0.29, 0.717) is 18.6 Å². The zero-order chi connectivity index (χ0) is 8.77. The second-order valence-corrected chi connectivity index (χ2v) is 3.89. The lowest BCUT2D eigenvalue weighted by atomic mass is 9.75. The van der Waals surface area contributed by atoms with Gasteiger partial charge in [0.2, 0.25) is 0 Å². The number of ketones is 2. The number of carbonyl (C=O) groups is 2. The number of hydrogen-bond acceptors (Lipinski definition) is 2. The van der Waals surface area contributed by atoms with Crippen molar-refractivity contribution in [2.45, 2.75) is 32.6 Å². The van der Waals surface area contributed by atoms with Gasteiger partial charge < -0.3 is 0 Å². The van der Waals surface area contributed by atoms with Crippen molar-refractivity contribution in [3.05, 3.63) is 11.6 Å². The topological polar surface area (TPSA) is 34.1 Å². The van der Waals surface area contributed by atoms with E-state index in [1.807, 2.05) is 6.92 Å². The van der Waals surface area contributed by atoms with Crippen molar-refractivity contribution in [1.82, 2.24) is 0 Å². The summed E-state index contributed by atoms with van der Waals surface area (Å²) in [6, 6.07) is 0. The molecule has 0 aromatic heterocycles. The number of hydrogen-bond donors (Lipinski definition) is 0. The first-order valence-corrected chi connectivity index (χ1v) is 4.40. The Balaban J connectivity index is 2.43. The molecule has 0 spiro atoms. The SMILES string of the molecule is C[C@]12CCC(=O)C=C1CCC2=O. The molecule has 0 amide bonds. The average molecular weight is 164 g/mol. The molecular formula is C10H12O2. The number of allylic oxidation sites excluding steroid dienone is 2. The maximum absolute atomic E-state index is 11.5. The van der Waals surface area contributed by atoms with E-state index in [1.54, 1.807) is 6.08 Å². The Morgan fingerprint density at radius 1 is 1.25 bits per heavy atom. The summed E-state index contributed by atoms with van der Waals surface area (Å²) in [6.07, 6.45) is 4.41. The Morgan fingerprint density at radius 2 is 2.00 bits per heavy atom. The molecular weight excluding hydrogens is 152 g/mol. The summed E-state index contributed by atoms with van der Waals surface area (Å²) < 4.78 is 0. The van der Waals surface area contributed by atoms with Crippen LogP contribution in [0.25, 0.3) is 0 Å². The van der Waals surface area contributed by atoms with Crippen LogP contribution in [0.5, 0.6) is 0 Å². The number of Topliss-reactive ketones (excluding diaryl/α,β-unsaturated/α-hetero) is 1. The van der Waals surface area contributed by atoms with Crippen molar-refractivity contribution in [1.29, 1.82) is 0 Å². The van der Waals surface area contributed by atoms with Gasteiger partial charge in [-0.2, -0.15) is 0 Å². The molecule has 0 aromatic rings. The average Bonchev–Trinajstić information content (AvgIpc) is 2.31. The Labute approximate surface area is 71.6 Å². The highest BCUT2D eigenvalue weighted by atomic mass is 16.1. The zero-order valence-electron chi connectivity index (χ0n) is 7.22. The fraction of sp³-hybridized carbons (Fsp3) is 0.600. The van der Waals surface area contributed by atoms with Gasteiger partial charge in [-0.05, 0) is 25.8 Å².